The first-order valence-corrected chi connectivity index (χ1v) is 12.6. The molecule has 6 nitrogen and oxygen atoms in total. The number of aliphatic hydroxyl groups is 1. The summed E-state index contributed by atoms with van der Waals surface area (Å²) < 4.78 is 13.5. The Hall–Kier alpha value is -2.19. The van der Waals surface area contributed by atoms with Gasteiger partial charge in [-0.15, -0.1) is 0 Å². The topological polar surface area (TPSA) is 50.3 Å². The molecule has 2 fully saturated rings. The maximum atomic E-state index is 13.5. The SMILES string of the molecule is O=C1N(CCO)CCN1CCN1CCN([C@@H]2C[C@@H](c3ccc(F)cc3)c3cc(Cl)ccc32)CC1. The van der Waals surface area contributed by atoms with E-state index in [0.29, 0.717) is 19.1 Å². The molecule has 2 atom stereocenters. The smallest absolute Gasteiger partial charge is 0.320 e. The van der Waals surface area contributed by atoms with Gasteiger partial charge in [0.1, 0.15) is 5.82 Å². The molecule has 1 N–H and O–H groups in total. The molecule has 2 heterocycles. The van der Waals surface area contributed by atoms with Crippen LogP contribution in [0, 0.1) is 5.82 Å². The number of rotatable bonds is 7. The summed E-state index contributed by atoms with van der Waals surface area (Å²) >= 11 is 6.36. The zero-order valence-corrected chi connectivity index (χ0v) is 20.1. The number of carbonyl (C=O) groups excluding carboxylic acids is 1. The number of carbonyl (C=O) groups is 1. The lowest BCUT2D eigenvalue weighted by Gasteiger charge is -2.39. The Labute approximate surface area is 205 Å². The van der Waals surface area contributed by atoms with Crippen LogP contribution in [0.5, 0.6) is 0 Å². The fraction of sp³-hybridized carbons (Fsp3) is 0.500. The summed E-state index contributed by atoms with van der Waals surface area (Å²) in [6.07, 6.45) is 0.976. The van der Waals surface area contributed by atoms with E-state index in [9.17, 15) is 9.18 Å². The van der Waals surface area contributed by atoms with E-state index >= 15 is 0 Å². The Morgan fingerprint density at radius 2 is 1.59 bits per heavy atom. The quantitative estimate of drug-likeness (QED) is 0.651. The van der Waals surface area contributed by atoms with Gasteiger partial charge < -0.3 is 14.9 Å². The third kappa shape index (κ3) is 4.80. The zero-order chi connectivity index (χ0) is 23.7. The predicted octanol–water partition coefficient (Wildman–Crippen LogP) is 3.40. The second-order valence-corrected chi connectivity index (χ2v) is 9.92. The van der Waals surface area contributed by atoms with Crippen molar-refractivity contribution in [1.82, 2.24) is 19.6 Å². The van der Waals surface area contributed by atoms with Crippen molar-refractivity contribution in [3.05, 3.63) is 70.0 Å². The number of fused-ring (bicyclic) bond motifs is 1. The molecule has 182 valence electrons. The molecule has 2 amide bonds. The van der Waals surface area contributed by atoms with Crippen LogP contribution in [-0.4, -0.2) is 96.2 Å². The second-order valence-electron chi connectivity index (χ2n) is 9.49. The fourth-order valence-corrected chi connectivity index (χ4v) is 5.89. The first kappa shape index (κ1) is 23.5. The lowest BCUT2D eigenvalue weighted by atomic mass is 9.93. The summed E-state index contributed by atoms with van der Waals surface area (Å²) in [5.74, 6) is 0.0119. The van der Waals surface area contributed by atoms with E-state index in [-0.39, 0.29) is 24.4 Å². The van der Waals surface area contributed by atoms with E-state index in [4.69, 9.17) is 16.7 Å². The largest absolute Gasteiger partial charge is 0.395 e. The third-order valence-electron chi connectivity index (χ3n) is 7.60. The Bertz CT molecular complexity index is 1010. The van der Waals surface area contributed by atoms with Gasteiger partial charge in [0.05, 0.1) is 6.61 Å². The molecule has 1 aliphatic carbocycles. The van der Waals surface area contributed by atoms with Crippen LogP contribution < -0.4 is 0 Å². The Kier molecular flexibility index (Phi) is 7.06. The molecule has 0 spiro atoms. The van der Waals surface area contributed by atoms with Crippen molar-refractivity contribution in [3.63, 3.8) is 0 Å². The number of benzene rings is 2. The van der Waals surface area contributed by atoms with Crippen molar-refractivity contribution in [2.24, 2.45) is 0 Å². The number of piperazine rings is 1. The van der Waals surface area contributed by atoms with Crippen LogP contribution in [0.15, 0.2) is 42.5 Å². The minimum atomic E-state index is -0.211. The van der Waals surface area contributed by atoms with Gasteiger partial charge in [-0.05, 0) is 47.4 Å². The number of hydrogen-bond donors (Lipinski definition) is 1. The van der Waals surface area contributed by atoms with Crippen molar-refractivity contribution in [3.8, 4) is 0 Å². The number of halogens is 2. The number of urea groups is 1. The number of nitrogens with zero attached hydrogens (tertiary/aromatic N) is 4. The molecule has 2 aromatic carbocycles. The molecule has 0 radical (unpaired) electrons. The van der Waals surface area contributed by atoms with E-state index in [1.807, 2.05) is 23.1 Å². The molecule has 0 saturated carbocycles. The summed E-state index contributed by atoms with van der Waals surface area (Å²) in [6.45, 7) is 7.40. The zero-order valence-electron chi connectivity index (χ0n) is 19.4. The molecular weight excluding hydrogens is 455 g/mol. The van der Waals surface area contributed by atoms with Gasteiger partial charge in [0.2, 0.25) is 0 Å². The van der Waals surface area contributed by atoms with Crippen LogP contribution in [0.2, 0.25) is 5.02 Å². The third-order valence-corrected chi connectivity index (χ3v) is 7.83. The average Bonchev–Trinajstić information content (AvgIpc) is 3.39. The highest BCUT2D eigenvalue weighted by Crippen LogP contribution is 2.47. The van der Waals surface area contributed by atoms with Crippen molar-refractivity contribution >= 4 is 17.6 Å². The molecule has 0 unspecified atom stereocenters. The second kappa shape index (κ2) is 10.2. The van der Waals surface area contributed by atoms with E-state index in [2.05, 4.69) is 21.9 Å². The molecule has 0 bridgehead atoms. The minimum absolute atomic E-state index is 0.0139. The van der Waals surface area contributed by atoms with E-state index in [1.165, 1.54) is 11.1 Å². The predicted molar refractivity (Wildman–Crippen MR) is 131 cm³/mol. The van der Waals surface area contributed by atoms with Gasteiger partial charge in [0.25, 0.3) is 0 Å². The summed E-state index contributed by atoms with van der Waals surface area (Å²) in [5, 5.41) is 9.84. The van der Waals surface area contributed by atoms with Crippen LogP contribution >= 0.6 is 11.6 Å². The average molecular weight is 487 g/mol. The molecule has 3 aliphatic rings. The van der Waals surface area contributed by atoms with E-state index < -0.39 is 0 Å². The van der Waals surface area contributed by atoms with Crippen LogP contribution in [0.1, 0.15) is 35.1 Å². The maximum Gasteiger partial charge on any atom is 0.320 e. The number of aliphatic hydroxyl groups excluding tert-OH is 1. The van der Waals surface area contributed by atoms with Gasteiger partial charge in [0.15, 0.2) is 0 Å². The lowest BCUT2D eigenvalue weighted by molar-refractivity contribution is 0.0900. The Morgan fingerprint density at radius 3 is 2.29 bits per heavy atom. The van der Waals surface area contributed by atoms with Crippen molar-refractivity contribution in [2.75, 3.05) is 65.5 Å². The molecule has 5 rings (SSSR count). The van der Waals surface area contributed by atoms with Crippen LogP contribution in [0.3, 0.4) is 0 Å². The van der Waals surface area contributed by atoms with Crippen LogP contribution in [0.4, 0.5) is 9.18 Å². The molecule has 2 aromatic rings. The van der Waals surface area contributed by atoms with Gasteiger partial charge in [0, 0.05) is 75.9 Å². The molecular formula is C26H32ClFN4O2. The molecule has 0 aromatic heterocycles. The van der Waals surface area contributed by atoms with Gasteiger partial charge >= 0.3 is 6.03 Å². The van der Waals surface area contributed by atoms with Crippen molar-refractivity contribution in [1.29, 1.82) is 0 Å². The minimum Gasteiger partial charge on any atom is -0.395 e. The van der Waals surface area contributed by atoms with E-state index in [1.54, 1.807) is 17.0 Å². The van der Waals surface area contributed by atoms with Gasteiger partial charge in [-0.2, -0.15) is 0 Å². The molecule has 34 heavy (non-hydrogen) atoms. The highest BCUT2D eigenvalue weighted by Gasteiger charge is 2.37. The number of hydrogen-bond acceptors (Lipinski definition) is 4. The van der Waals surface area contributed by atoms with Gasteiger partial charge in [-0.3, -0.25) is 9.80 Å². The Balaban J connectivity index is 1.20. The summed E-state index contributed by atoms with van der Waals surface area (Å²) in [5.41, 5.74) is 3.72. The maximum absolute atomic E-state index is 13.5. The highest BCUT2D eigenvalue weighted by molar-refractivity contribution is 6.30. The summed E-state index contributed by atoms with van der Waals surface area (Å²) in [6, 6.07) is 13.5. The van der Waals surface area contributed by atoms with Crippen molar-refractivity contribution < 1.29 is 14.3 Å². The first-order valence-electron chi connectivity index (χ1n) is 12.2. The van der Waals surface area contributed by atoms with Gasteiger partial charge in [-0.25, -0.2) is 9.18 Å². The Morgan fingerprint density at radius 1 is 0.882 bits per heavy atom. The van der Waals surface area contributed by atoms with Crippen LogP contribution in [0.25, 0.3) is 0 Å². The number of β-amino-alcohol motifs (C(OH)–C–C–N with tert-alkyl or cyclic N) is 1. The first-order chi connectivity index (χ1) is 16.5. The normalized spacial score (nSPS) is 23.7. The molecule has 2 aliphatic heterocycles. The van der Waals surface area contributed by atoms with Gasteiger partial charge in [-0.1, -0.05) is 29.8 Å². The standard InChI is InChI=1S/C26H32ClFN4O2/c27-20-3-6-22-24(17-20)23(19-1-4-21(28)5-2-19)18-25(22)30-10-7-29(8-11-30)9-12-31-13-14-32(15-16-33)26(31)34/h1-6,17,23,25,33H,7-16,18H2/t23-,25+/m0/s1. The van der Waals surface area contributed by atoms with Crippen LogP contribution in [-0.2, 0) is 0 Å². The highest BCUT2D eigenvalue weighted by atomic mass is 35.5. The molecule has 2 saturated heterocycles. The summed E-state index contributed by atoms with van der Waals surface area (Å²) in [4.78, 5) is 21.0. The fourth-order valence-electron chi connectivity index (χ4n) is 5.71. The lowest BCUT2D eigenvalue weighted by Crippen LogP contribution is -2.49. The van der Waals surface area contributed by atoms with E-state index in [0.717, 1.165) is 62.8 Å². The monoisotopic (exact) mass is 486 g/mol. The number of amides is 2. The molecule has 8 heteroatoms. The summed E-state index contributed by atoms with van der Waals surface area (Å²) in [7, 11) is 0. The van der Waals surface area contributed by atoms with Crippen molar-refractivity contribution in [2.45, 2.75) is 18.4 Å².